The number of hydrogen-bond acceptors (Lipinski definition) is 4. The van der Waals surface area contributed by atoms with E-state index >= 15 is 0 Å². The molecule has 0 heterocycles. The summed E-state index contributed by atoms with van der Waals surface area (Å²) in [7, 11) is 1.60. The number of rotatable bonds is 9. The molecular formula is C19H21NO5. The van der Waals surface area contributed by atoms with Crippen LogP contribution in [0.4, 0.5) is 5.69 Å². The highest BCUT2D eigenvalue weighted by Crippen LogP contribution is 2.18. The lowest BCUT2D eigenvalue weighted by Gasteiger charge is -2.09. The predicted molar refractivity (Wildman–Crippen MR) is 94.2 cm³/mol. The summed E-state index contributed by atoms with van der Waals surface area (Å²) in [5, 5.41) is 12.0. The number of benzene rings is 2. The van der Waals surface area contributed by atoms with Gasteiger partial charge in [0.05, 0.1) is 12.2 Å². The van der Waals surface area contributed by atoms with E-state index in [1.807, 2.05) is 0 Å². The molecule has 0 unspecified atom stereocenters. The third kappa shape index (κ3) is 5.93. The fourth-order valence-electron chi connectivity index (χ4n) is 2.33. The van der Waals surface area contributed by atoms with Gasteiger partial charge in [-0.2, -0.15) is 0 Å². The van der Waals surface area contributed by atoms with Crippen molar-refractivity contribution in [3.05, 3.63) is 59.7 Å². The van der Waals surface area contributed by atoms with Crippen LogP contribution < -0.4 is 10.1 Å². The van der Waals surface area contributed by atoms with Crippen LogP contribution in [0.3, 0.4) is 0 Å². The highest BCUT2D eigenvalue weighted by Gasteiger charge is 2.11. The van der Waals surface area contributed by atoms with E-state index in [0.717, 1.165) is 0 Å². The molecule has 0 aliphatic carbocycles. The Hall–Kier alpha value is -2.86. The summed E-state index contributed by atoms with van der Waals surface area (Å²) in [4.78, 5) is 23.3. The zero-order chi connectivity index (χ0) is 18.1. The van der Waals surface area contributed by atoms with E-state index in [0.29, 0.717) is 36.6 Å². The van der Waals surface area contributed by atoms with Crippen molar-refractivity contribution in [3.8, 4) is 5.75 Å². The second kappa shape index (κ2) is 9.44. The van der Waals surface area contributed by atoms with Crippen molar-refractivity contribution in [1.29, 1.82) is 0 Å². The molecule has 0 aliphatic heterocycles. The molecule has 2 rings (SSSR count). The van der Waals surface area contributed by atoms with Crippen LogP contribution in [0.15, 0.2) is 48.5 Å². The average Bonchev–Trinajstić information content (AvgIpc) is 2.61. The number of carboxylic acid groups (broad SMARTS) is 1. The summed E-state index contributed by atoms with van der Waals surface area (Å²) in [5.74, 6) is -0.530. The number of methoxy groups -OCH3 is 1. The Morgan fingerprint density at radius 2 is 1.88 bits per heavy atom. The van der Waals surface area contributed by atoms with E-state index in [-0.39, 0.29) is 17.9 Å². The number of aryl methyl sites for hydroxylation is 1. The van der Waals surface area contributed by atoms with Crippen LogP contribution >= 0.6 is 0 Å². The van der Waals surface area contributed by atoms with Gasteiger partial charge in [-0.05, 0) is 30.2 Å². The van der Waals surface area contributed by atoms with E-state index in [4.69, 9.17) is 14.6 Å². The normalized spacial score (nSPS) is 10.3. The van der Waals surface area contributed by atoms with E-state index in [2.05, 4.69) is 5.32 Å². The zero-order valence-electron chi connectivity index (χ0n) is 14.0. The van der Waals surface area contributed by atoms with Crippen LogP contribution in [0.25, 0.3) is 0 Å². The lowest BCUT2D eigenvalue weighted by molar-refractivity contribution is -0.116. The number of aromatic carboxylic acids is 1. The number of carbonyl (C=O) groups excluding carboxylic acids is 1. The summed E-state index contributed by atoms with van der Waals surface area (Å²) in [5.41, 5.74) is 1.50. The number of amides is 1. The molecule has 0 spiro atoms. The summed E-state index contributed by atoms with van der Waals surface area (Å²) in [6.45, 7) is 0.916. The van der Waals surface area contributed by atoms with Crippen molar-refractivity contribution >= 4 is 17.6 Å². The molecule has 0 aromatic heterocycles. The highest BCUT2D eigenvalue weighted by atomic mass is 16.5. The first-order valence-corrected chi connectivity index (χ1v) is 7.93. The third-order valence-corrected chi connectivity index (χ3v) is 3.54. The largest absolute Gasteiger partial charge is 0.491 e. The van der Waals surface area contributed by atoms with Gasteiger partial charge in [0.15, 0.2) is 0 Å². The van der Waals surface area contributed by atoms with Gasteiger partial charge in [-0.1, -0.05) is 24.3 Å². The molecule has 1 amide bonds. The second-order valence-electron chi connectivity index (χ2n) is 5.38. The van der Waals surface area contributed by atoms with Crippen LogP contribution in [-0.2, 0) is 16.0 Å². The number of hydrogen-bond donors (Lipinski definition) is 2. The molecule has 6 heteroatoms. The quantitative estimate of drug-likeness (QED) is 0.684. The Kier molecular flexibility index (Phi) is 6.98. The van der Waals surface area contributed by atoms with Crippen molar-refractivity contribution < 1.29 is 24.2 Å². The topological polar surface area (TPSA) is 84.9 Å². The Bertz CT molecular complexity index is 729. The van der Waals surface area contributed by atoms with Crippen LogP contribution in [0, 0.1) is 0 Å². The molecule has 2 N–H and O–H groups in total. The van der Waals surface area contributed by atoms with Crippen molar-refractivity contribution in [2.75, 3.05) is 25.6 Å². The van der Waals surface area contributed by atoms with E-state index in [9.17, 15) is 9.59 Å². The first kappa shape index (κ1) is 18.5. The van der Waals surface area contributed by atoms with E-state index in [1.54, 1.807) is 49.6 Å². The lowest BCUT2D eigenvalue weighted by atomic mass is 10.0. The molecule has 0 bridgehead atoms. The van der Waals surface area contributed by atoms with Gasteiger partial charge in [0.2, 0.25) is 5.91 Å². The average molecular weight is 343 g/mol. The molecule has 6 nitrogen and oxygen atoms in total. The number of carboxylic acids is 1. The molecule has 0 radical (unpaired) electrons. The zero-order valence-corrected chi connectivity index (χ0v) is 14.0. The Balaban J connectivity index is 1.90. The molecule has 0 atom stereocenters. The molecule has 2 aromatic rings. The Morgan fingerprint density at radius 1 is 1.08 bits per heavy atom. The number of anilines is 1. The van der Waals surface area contributed by atoms with Crippen molar-refractivity contribution in [1.82, 2.24) is 0 Å². The second-order valence-corrected chi connectivity index (χ2v) is 5.38. The fourth-order valence-corrected chi connectivity index (χ4v) is 2.33. The van der Waals surface area contributed by atoms with Crippen LogP contribution in [0.2, 0.25) is 0 Å². The Morgan fingerprint density at radius 3 is 2.64 bits per heavy atom. The van der Waals surface area contributed by atoms with Gasteiger partial charge >= 0.3 is 5.97 Å². The highest BCUT2D eigenvalue weighted by molar-refractivity contribution is 5.92. The molecule has 132 valence electrons. The first-order chi connectivity index (χ1) is 12.1. The van der Waals surface area contributed by atoms with Gasteiger partial charge in [-0.3, -0.25) is 4.79 Å². The van der Waals surface area contributed by atoms with Crippen molar-refractivity contribution in [3.63, 3.8) is 0 Å². The minimum Gasteiger partial charge on any atom is -0.491 e. The minimum atomic E-state index is -0.989. The number of nitrogens with one attached hydrogen (secondary N) is 1. The van der Waals surface area contributed by atoms with Crippen molar-refractivity contribution in [2.24, 2.45) is 0 Å². The summed E-state index contributed by atoms with van der Waals surface area (Å²) in [6, 6.07) is 13.8. The SMILES string of the molecule is COCCOc1cccc(NC(=O)CCc2ccccc2C(=O)O)c1. The molecule has 2 aromatic carbocycles. The van der Waals surface area contributed by atoms with Gasteiger partial charge in [0, 0.05) is 25.3 Å². The number of ether oxygens (including phenoxy) is 2. The van der Waals surface area contributed by atoms with Crippen molar-refractivity contribution in [2.45, 2.75) is 12.8 Å². The standard InChI is InChI=1S/C19H21NO5/c1-24-11-12-25-16-7-4-6-15(13-16)20-18(21)10-9-14-5-2-3-8-17(14)19(22)23/h2-8,13H,9-12H2,1H3,(H,20,21)(H,22,23). The summed E-state index contributed by atoms with van der Waals surface area (Å²) >= 11 is 0. The maximum atomic E-state index is 12.1. The van der Waals surface area contributed by atoms with Gasteiger partial charge in [0.25, 0.3) is 0 Å². The van der Waals surface area contributed by atoms with E-state index < -0.39 is 5.97 Å². The molecule has 0 saturated carbocycles. The monoisotopic (exact) mass is 343 g/mol. The fraction of sp³-hybridized carbons (Fsp3) is 0.263. The minimum absolute atomic E-state index is 0.186. The van der Waals surface area contributed by atoms with Gasteiger partial charge in [-0.15, -0.1) is 0 Å². The van der Waals surface area contributed by atoms with E-state index in [1.165, 1.54) is 6.07 Å². The molecule has 0 saturated heterocycles. The molecule has 0 fully saturated rings. The lowest BCUT2D eigenvalue weighted by Crippen LogP contribution is -2.13. The third-order valence-electron chi connectivity index (χ3n) is 3.54. The van der Waals surface area contributed by atoms with Gasteiger partial charge < -0.3 is 19.9 Å². The van der Waals surface area contributed by atoms with Crippen LogP contribution in [0.1, 0.15) is 22.3 Å². The smallest absolute Gasteiger partial charge is 0.335 e. The molecular weight excluding hydrogens is 322 g/mol. The van der Waals surface area contributed by atoms with Gasteiger partial charge in [-0.25, -0.2) is 4.79 Å². The summed E-state index contributed by atoms with van der Waals surface area (Å²) < 4.78 is 10.4. The predicted octanol–water partition coefficient (Wildman–Crippen LogP) is 2.98. The first-order valence-electron chi connectivity index (χ1n) is 7.93. The van der Waals surface area contributed by atoms with Crippen LogP contribution in [0.5, 0.6) is 5.75 Å². The maximum absolute atomic E-state index is 12.1. The molecule has 25 heavy (non-hydrogen) atoms. The summed E-state index contributed by atoms with van der Waals surface area (Å²) in [6.07, 6.45) is 0.553. The van der Waals surface area contributed by atoms with Crippen LogP contribution in [-0.4, -0.2) is 37.3 Å². The Labute approximate surface area is 146 Å². The maximum Gasteiger partial charge on any atom is 0.335 e. The molecule has 0 aliphatic rings. The van der Waals surface area contributed by atoms with Gasteiger partial charge in [0.1, 0.15) is 12.4 Å². The number of carbonyl (C=O) groups is 2.